The summed E-state index contributed by atoms with van der Waals surface area (Å²) in [5, 5.41) is 9.99. The van der Waals surface area contributed by atoms with E-state index in [1.54, 1.807) is 23.5 Å². The highest BCUT2D eigenvalue weighted by molar-refractivity contribution is 7.14. The summed E-state index contributed by atoms with van der Waals surface area (Å²) in [5.74, 6) is 0.397. The van der Waals surface area contributed by atoms with Gasteiger partial charge in [0.15, 0.2) is 0 Å². The lowest BCUT2D eigenvalue weighted by Crippen LogP contribution is -2.35. The quantitative estimate of drug-likeness (QED) is 0.728. The molecule has 0 saturated carbocycles. The van der Waals surface area contributed by atoms with E-state index >= 15 is 0 Å². The third kappa shape index (κ3) is 3.38. The van der Waals surface area contributed by atoms with Gasteiger partial charge in [0.25, 0.3) is 5.91 Å². The smallest absolute Gasteiger partial charge is 0.279 e. The van der Waals surface area contributed by atoms with Gasteiger partial charge in [0.05, 0.1) is 17.7 Å². The van der Waals surface area contributed by atoms with E-state index in [1.807, 2.05) is 6.07 Å². The Balaban J connectivity index is 1.63. The largest absolute Gasteiger partial charge is 0.507 e. The van der Waals surface area contributed by atoms with Crippen LogP contribution in [0.4, 0.5) is 0 Å². The summed E-state index contributed by atoms with van der Waals surface area (Å²) in [6.45, 7) is 3.85. The van der Waals surface area contributed by atoms with Gasteiger partial charge in [-0.25, -0.2) is 0 Å². The van der Waals surface area contributed by atoms with Crippen LogP contribution >= 0.6 is 11.3 Å². The van der Waals surface area contributed by atoms with Gasteiger partial charge in [-0.3, -0.25) is 15.6 Å². The molecule has 0 aliphatic heterocycles. The Morgan fingerprint density at radius 2 is 2.04 bits per heavy atom. The Labute approximate surface area is 144 Å². The minimum Gasteiger partial charge on any atom is -0.507 e. The van der Waals surface area contributed by atoms with Crippen molar-refractivity contribution in [2.75, 3.05) is 7.11 Å². The van der Waals surface area contributed by atoms with Crippen LogP contribution in [0.3, 0.4) is 0 Å². The van der Waals surface area contributed by atoms with Crippen molar-refractivity contribution in [3.63, 3.8) is 0 Å². The SMILES string of the molecule is C=C(NNC(=O)c1cc2c(s1)CCCC2)c1ccc(OC)cc1O. The fourth-order valence-corrected chi connectivity index (χ4v) is 3.91. The molecule has 1 amide bonds. The van der Waals surface area contributed by atoms with Gasteiger partial charge in [-0.15, -0.1) is 11.3 Å². The normalized spacial score (nSPS) is 13.0. The number of phenols is 1. The van der Waals surface area contributed by atoms with Crippen molar-refractivity contribution < 1.29 is 14.6 Å². The molecule has 0 unspecified atom stereocenters. The first-order valence-corrected chi connectivity index (χ1v) is 8.64. The third-order valence-electron chi connectivity index (χ3n) is 4.08. The van der Waals surface area contributed by atoms with Crippen LogP contribution in [0.25, 0.3) is 5.70 Å². The van der Waals surface area contributed by atoms with Gasteiger partial charge in [0, 0.05) is 16.5 Å². The van der Waals surface area contributed by atoms with E-state index in [2.05, 4.69) is 17.4 Å². The molecule has 0 spiro atoms. The molecule has 0 saturated heterocycles. The Morgan fingerprint density at radius 1 is 1.25 bits per heavy atom. The number of carbonyl (C=O) groups is 1. The van der Waals surface area contributed by atoms with Crippen molar-refractivity contribution in [3.05, 3.63) is 51.7 Å². The topological polar surface area (TPSA) is 70.6 Å². The van der Waals surface area contributed by atoms with Gasteiger partial charge < -0.3 is 9.84 Å². The number of benzene rings is 1. The van der Waals surface area contributed by atoms with E-state index in [1.165, 1.54) is 36.5 Å². The number of rotatable bonds is 5. The third-order valence-corrected chi connectivity index (χ3v) is 5.31. The zero-order valence-electron chi connectivity index (χ0n) is 13.5. The summed E-state index contributed by atoms with van der Waals surface area (Å²) in [5.41, 5.74) is 7.61. The molecule has 0 atom stereocenters. The maximum Gasteiger partial charge on any atom is 0.279 e. The van der Waals surface area contributed by atoms with Crippen LogP contribution in [-0.4, -0.2) is 18.1 Å². The van der Waals surface area contributed by atoms with Gasteiger partial charge in [-0.2, -0.15) is 0 Å². The first-order chi connectivity index (χ1) is 11.6. The zero-order valence-corrected chi connectivity index (χ0v) is 14.3. The summed E-state index contributed by atoms with van der Waals surface area (Å²) < 4.78 is 5.05. The highest BCUT2D eigenvalue weighted by atomic mass is 32.1. The Kier molecular flexibility index (Phi) is 4.76. The molecule has 6 heteroatoms. The molecule has 0 fully saturated rings. The molecular weight excluding hydrogens is 324 g/mol. The predicted octanol–water partition coefficient (Wildman–Crippen LogP) is 3.25. The molecule has 3 N–H and O–H groups in total. The van der Waals surface area contributed by atoms with E-state index in [-0.39, 0.29) is 11.7 Å². The lowest BCUT2D eigenvalue weighted by molar-refractivity contribution is 0.0946. The van der Waals surface area contributed by atoms with Crippen LogP contribution in [-0.2, 0) is 12.8 Å². The Hall–Kier alpha value is -2.47. The van der Waals surface area contributed by atoms with Crippen LogP contribution < -0.4 is 15.6 Å². The summed E-state index contributed by atoms with van der Waals surface area (Å²) >= 11 is 1.55. The minimum atomic E-state index is -0.191. The molecule has 1 aromatic heterocycles. The molecule has 0 bridgehead atoms. The molecule has 0 radical (unpaired) electrons. The lowest BCUT2D eigenvalue weighted by Gasteiger charge is -2.12. The number of nitrogens with one attached hydrogen (secondary N) is 2. The predicted molar refractivity (Wildman–Crippen MR) is 95.3 cm³/mol. The molecule has 1 aromatic carbocycles. The summed E-state index contributed by atoms with van der Waals surface area (Å²) in [7, 11) is 1.53. The molecule has 5 nitrogen and oxygen atoms in total. The molecule has 3 rings (SSSR count). The maximum atomic E-state index is 12.3. The molecule has 1 heterocycles. The van der Waals surface area contributed by atoms with Crippen molar-refractivity contribution in [2.24, 2.45) is 0 Å². The van der Waals surface area contributed by atoms with E-state index < -0.39 is 0 Å². The fraction of sp³-hybridized carbons (Fsp3) is 0.278. The lowest BCUT2D eigenvalue weighted by atomic mass is 9.99. The molecule has 2 aromatic rings. The monoisotopic (exact) mass is 344 g/mol. The number of hydrogen-bond acceptors (Lipinski definition) is 5. The fourth-order valence-electron chi connectivity index (χ4n) is 2.76. The van der Waals surface area contributed by atoms with Crippen LogP contribution in [0.5, 0.6) is 11.5 Å². The number of phenolic OH excluding ortho intramolecular Hbond substituents is 1. The maximum absolute atomic E-state index is 12.3. The molecule has 1 aliphatic rings. The van der Waals surface area contributed by atoms with Crippen molar-refractivity contribution in [3.8, 4) is 11.5 Å². The average Bonchev–Trinajstić information content (AvgIpc) is 3.03. The zero-order chi connectivity index (χ0) is 17.1. The van der Waals surface area contributed by atoms with Gasteiger partial charge in [-0.1, -0.05) is 6.58 Å². The highest BCUT2D eigenvalue weighted by Crippen LogP contribution is 2.30. The van der Waals surface area contributed by atoms with Crippen LogP contribution in [0.2, 0.25) is 0 Å². The van der Waals surface area contributed by atoms with Crippen LogP contribution in [0.1, 0.15) is 38.5 Å². The second kappa shape index (κ2) is 6.97. The number of methoxy groups -OCH3 is 1. The summed E-state index contributed by atoms with van der Waals surface area (Å²) in [4.78, 5) is 14.3. The van der Waals surface area contributed by atoms with Crippen LogP contribution in [0, 0.1) is 0 Å². The van der Waals surface area contributed by atoms with Gasteiger partial charge >= 0.3 is 0 Å². The second-order valence-corrected chi connectivity index (χ2v) is 6.84. The van der Waals surface area contributed by atoms with E-state index in [9.17, 15) is 9.90 Å². The van der Waals surface area contributed by atoms with Crippen LogP contribution in [0.15, 0.2) is 30.8 Å². The van der Waals surface area contributed by atoms with Crippen molar-refractivity contribution >= 4 is 22.9 Å². The number of fused-ring (bicyclic) bond motifs is 1. The molecule has 126 valence electrons. The Bertz CT molecular complexity index is 759. The second-order valence-electron chi connectivity index (χ2n) is 5.71. The number of hydrogen-bond donors (Lipinski definition) is 3. The first kappa shape index (κ1) is 16.4. The number of ether oxygens (including phenoxy) is 1. The standard InChI is InChI=1S/C18H20N2O3S/c1-11(14-8-7-13(23-2)10-15(14)21)19-20-18(22)17-9-12-5-3-4-6-16(12)24-17/h7-10,19,21H,1,3-6H2,2H3,(H,20,22). The number of thiophene rings is 1. The van der Waals surface area contributed by atoms with E-state index in [0.717, 1.165) is 12.8 Å². The summed E-state index contributed by atoms with van der Waals surface area (Å²) in [6, 6.07) is 6.87. The highest BCUT2D eigenvalue weighted by Gasteiger charge is 2.17. The number of aryl methyl sites for hydroxylation is 2. The van der Waals surface area contributed by atoms with E-state index in [4.69, 9.17) is 4.74 Å². The Morgan fingerprint density at radius 3 is 2.75 bits per heavy atom. The van der Waals surface area contributed by atoms with Crippen molar-refractivity contribution in [2.45, 2.75) is 25.7 Å². The number of hydrazine groups is 1. The van der Waals surface area contributed by atoms with Crippen molar-refractivity contribution in [1.82, 2.24) is 10.9 Å². The van der Waals surface area contributed by atoms with E-state index in [0.29, 0.717) is 21.9 Å². The van der Waals surface area contributed by atoms with Gasteiger partial charge in [0.1, 0.15) is 11.5 Å². The number of amides is 1. The molecule has 1 aliphatic carbocycles. The number of carbonyl (C=O) groups excluding carboxylic acids is 1. The minimum absolute atomic E-state index is 0.0349. The number of aromatic hydroxyl groups is 1. The molecule has 24 heavy (non-hydrogen) atoms. The van der Waals surface area contributed by atoms with Gasteiger partial charge in [-0.05, 0) is 49.4 Å². The van der Waals surface area contributed by atoms with Crippen molar-refractivity contribution in [1.29, 1.82) is 0 Å². The molecular formula is C18H20N2O3S. The average molecular weight is 344 g/mol. The summed E-state index contributed by atoms with van der Waals surface area (Å²) in [6.07, 6.45) is 4.50. The van der Waals surface area contributed by atoms with Gasteiger partial charge in [0.2, 0.25) is 0 Å². The first-order valence-electron chi connectivity index (χ1n) is 7.82.